The number of aryl methyl sites for hydroxylation is 3. The molecule has 3 rings (SSSR count). The summed E-state index contributed by atoms with van der Waals surface area (Å²) >= 11 is 2.79. The van der Waals surface area contributed by atoms with Crippen molar-refractivity contribution < 1.29 is 9.59 Å². The average Bonchev–Trinajstić information content (AvgIpc) is 3.09. The second-order valence-electron chi connectivity index (χ2n) is 7.79. The Morgan fingerprint density at radius 3 is 2.72 bits per heavy atom. The van der Waals surface area contributed by atoms with Gasteiger partial charge in [-0.15, -0.1) is 23.1 Å². The third-order valence-electron chi connectivity index (χ3n) is 5.05. The zero-order chi connectivity index (χ0) is 23.4. The van der Waals surface area contributed by atoms with Crippen molar-refractivity contribution in [2.45, 2.75) is 57.7 Å². The molecule has 0 bridgehead atoms. The van der Waals surface area contributed by atoms with Gasteiger partial charge in [-0.2, -0.15) is 0 Å². The molecular weight excluding hydrogens is 444 g/mol. The Morgan fingerprint density at radius 1 is 1.25 bits per heavy atom. The zero-order valence-corrected chi connectivity index (χ0v) is 20.6. The van der Waals surface area contributed by atoms with E-state index in [0.29, 0.717) is 38.8 Å². The minimum atomic E-state index is -0.672. The van der Waals surface area contributed by atoms with E-state index in [-0.39, 0.29) is 17.4 Å². The number of nitrogens with zero attached hydrogens (tertiary/aromatic N) is 1. The van der Waals surface area contributed by atoms with Gasteiger partial charge in [0, 0.05) is 11.4 Å². The van der Waals surface area contributed by atoms with Gasteiger partial charge >= 0.3 is 0 Å². The molecule has 0 aliphatic carbocycles. The minimum absolute atomic E-state index is 0.235. The van der Waals surface area contributed by atoms with E-state index in [1.807, 2.05) is 13.8 Å². The fraction of sp³-hybridized carbons (Fsp3) is 0.391. The van der Waals surface area contributed by atoms with Crippen LogP contribution in [-0.2, 0) is 10.5 Å². The van der Waals surface area contributed by atoms with E-state index in [9.17, 15) is 14.4 Å². The van der Waals surface area contributed by atoms with Crippen molar-refractivity contribution in [3.05, 3.63) is 55.9 Å². The number of carbonyl (C=O) groups is 2. The van der Waals surface area contributed by atoms with Crippen LogP contribution in [0.4, 0.5) is 0 Å². The molecule has 2 aromatic heterocycles. The largest absolute Gasteiger partial charge is 0.354 e. The summed E-state index contributed by atoms with van der Waals surface area (Å²) < 4.78 is 0. The summed E-state index contributed by atoms with van der Waals surface area (Å²) in [5, 5.41) is 5.90. The smallest absolute Gasteiger partial charge is 0.262 e. The number of hydrogen-bond donors (Lipinski definition) is 3. The molecule has 0 aliphatic rings. The molecule has 3 aromatic rings. The molecule has 3 N–H and O–H groups in total. The number of fused-ring (bicyclic) bond motifs is 1. The van der Waals surface area contributed by atoms with Gasteiger partial charge in [0.05, 0.1) is 16.0 Å². The number of thiophene rings is 1. The predicted octanol–water partition coefficient (Wildman–Crippen LogP) is 3.85. The van der Waals surface area contributed by atoms with Crippen LogP contribution < -0.4 is 16.2 Å². The van der Waals surface area contributed by atoms with E-state index in [1.165, 1.54) is 22.5 Å². The van der Waals surface area contributed by atoms with E-state index in [4.69, 9.17) is 0 Å². The summed E-state index contributed by atoms with van der Waals surface area (Å²) in [5.41, 5.74) is 2.67. The van der Waals surface area contributed by atoms with Crippen LogP contribution in [-0.4, -0.2) is 34.4 Å². The van der Waals surface area contributed by atoms with E-state index < -0.39 is 6.04 Å². The van der Waals surface area contributed by atoms with Gasteiger partial charge in [0.1, 0.15) is 16.7 Å². The molecule has 0 fully saturated rings. The molecule has 2 amide bonds. The van der Waals surface area contributed by atoms with Gasteiger partial charge in [-0.1, -0.05) is 24.6 Å². The summed E-state index contributed by atoms with van der Waals surface area (Å²) in [6, 6.07) is 5.59. The number of nitrogens with one attached hydrogen (secondary N) is 3. The molecule has 1 aromatic carbocycles. The summed E-state index contributed by atoms with van der Waals surface area (Å²) in [4.78, 5) is 47.1. The standard InChI is InChI=1S/C23H28N4O3S2/c1-6-9-24-20(28)15(5)25-22(30)19-14(4)18-21(29)26-17(27-23(18)32-19)11-31-16-10-12(2)7-8-13(16)3/h7-8,10,15H,6,9,11H2,1-5H3,(H,24,28)(H,25,30)(H,26,27,29). The van der Waals surface area contributed by atoms with Crippen LogP contribution in [0.3, 0.4) is 0 Å². The molecule has 1 unspecified atom stereocenters. The number of aromatic amines is 1. The van der Waals surface area contributed by atoms with Crippen LogP contribution in [0.5, 0.6) is 0 Å². The molecule has 0 spiro atoms. The Kier molecular flexibility index (Phi) is 7.73. The van der Waals surface area contributed by atoms with Gasteiger partial charge < -0.3 is 15.6 Å². The summed E-state index contributed by atoms with van der Waals surface area (Å²) in [5.74, 6) is 0.466. The third kappa shape index (κ3) is 5.39. The number of carbonyl (C=O) groups excluding carboxylic acids is 2. The molecule has 2 heterocycles. The molecule has 7 nitrogen and oxygen atoms in total. The topological polar surface area (TPSA) is 104 Å². The van der Waals surface area contributed by atoms with E-state index >= 15 is 0 Å². The highest BCUT2D eigenvalue weighted by Gasteiger charge is 2.22. The Labute approximate surface area is 195 Å². The first kappa shape index (κ1) is 24.0. The van der Waals surface area contributed by atoms with Gasteiger partial charge in [-0.25, -0.2) is 4.98 Å². The fourth-order valence-electron chi connectivity index (χ4n) is 3.21. The lowest BCUT2D eigenvalue weighted by Gasteiger charge is -2.13. The molecule has 0 saturated carbocycles. The Morgan fingerprint density at radius 2 is 2.00 bits per heavy atom. The predicted molar refractivity (Wildman–Crippen MR) is 131 cm³/mol. The zero-order valence-electron chi connectivity index (χ0n) is 18.9. The number of H-pyrrole nitrogens is 1. The molecule has 0 radical (unpaired) electrons. The number of benzene rings is 1. The van der Waals surface area contributed by atoms with Crippen molar-refractivity contribution in [1.82, 2.24) is 20.6 Å². The third-order valence-corrected chi connectivity index (χ3v) is 7.41. The normalized spacial score (nSPS) is 12.0. The van der Waals surface area contributed by atoms with Crippen molar-refractivity contribution in [2.75, 3.05) is 6.54 Å². The monoisotopic (exact) mass is 472 g/mol. The maximum absolute atomic E-state index is 12.8. The van der Waals surface area contributed by atoms with Crippen LogP contribution in [0.1, 0.15) is 52.5 Å². The van der Waals surface area contributed by atoms with Gasteiger partial charge in [-0.3, -0.25) is 14.4 Å². The summed E-state index contributed by atoms with van der Waals surface area (Å²) in [6.45, 7) is 9.99. The minimum Gasteiger partial charge on any atom is -0.354 e. The van der Waals surface area contributed by atoms with Crippen LogP contribution in [0.15, 0.2) is 27.9 Å². The molecule has 0 aliphatic heterocycles. The Bertz CT molecular complexity index is 1220. The quantitative estimate of drug-likeness (QED) is 0.432. The highest BCUT2D eigenvalue weighted by atomic mass is 32.2. The number of aromatic nitrogens is 2. The number of hydrogen-bond acceptors (Lipinski definition) is 6. The van der Waals surface area contributed by atoms with Crippen molar-refractivity contribution in [3.8, 4) is 0 Å². The van der Waals surface area contributed by atoms with Gasteiger partial charge in [0.25, 0.3) is 11.5 Å². The lowest BCUT2D eigenvalue weighted by molar-refractivity contribution is -0.122. The van der Waals surface area contributed by atoms with E-state index in [2.05, 4.69) is 45.7 Å². The molecule has 9 heteroatoms. The second-order valence-corrected chi connectivity index (χ2v) is 9.81. The molecule has 170 valence electrons. The van der Waals surface area contributed by atoms with Gasteiger partial charge in [0.15, 0.2) is 0 Å². The van der Waals surface area contributed by atoms with Crippen LogP contribution >= 0.6 is 23.1 Å². The lowest BCUT2D eigenvalue weighted by Crippen LogP contribution is -2.44. The summed E-state index contributed by atoms with van der Waals surface area (Å²) in [7, 11) is 0. The van der Waals surface area contributed by atoms with Crippen LogP contribution in [0, 0.1) is 20.8 Å². The molecular formula is C23H28N4O3S2. The van der Waals surface area contributed by atoms with Crippen molar-refractivity contribution in [1.29, 1.82) is 0 Å². The SMILES string of the molecule is CCCNC(=O)C(C)NC(=O)c1sc2nc(CSc3cc(C)ccc3C)[nH]c(=O)c2c1C. The maximum Gasteiger partial charge on any atom is 0.262 e. The average molecular weight is 473 g/mol. The van der Waals surface area contributed by atoms with Crippen molar-refractivity contribution in [3.63, 3.8) is 0 Å². The van der Waals surface area contributed by atoms with E-state index in [1.54, 1.807) is 25.6 Å². The van der Waals surface area contributed by atoms with Gasteiger partial charge in [0.2, 0.25) is 5.91 Å². The fourth-order valence-corrected chi connectivity index (χ4v) is 5.31. The molecule has 0 saturated heterocycles. The maximum atomic E-state index is 12.8. The first-order valence-electron chi connectivity index (χ1n) is 10.5. The highest BCUT2D eigenvalue weighted by Crippen LogP contribution is 2.29. The number of rotatable bonds is 8. The molecule has 1 atom stereocenters. The first-order chi connectivity index (χ1) is 15.2. The first-order valence-corrected chi connectivity index (χ1v) is 12.3. The van der Waals surface area contributed by atoms with Crippen LogP contribution in [0.2, 0.25) is 0 Å². The highest BCUT2D eigenvalue weighted by molar-refractivity contribution is 7.98. The second kappa shape index (κ2) is 10.3. The number of amides is 2. The van der Waals surface area contributed by atoms with Crippen molar-refractivity contribution in [2.24, 2.45) is 0 Å². The van der Waals surface area contributed by atoms with E-state index in [0.717, 1.165) is 11.3 Å². The molecule has 32 heavy (non-hydrogen) atoms. The lowest BCUT2D eigenvalue weighted by atomic mass is 10.2. The van der Waals surface area contributed by atoms with Gasteiger partial charge in [-0.05, 0) is 51.3 Å². The number of thioether (sulfide) groups is 1. The van der Waals surface area contributed by atoms with Crippen molar-refractivity contribution >= 4 is 45.1 Å². The van der Waals surface area contributed by atoms with Crippen LogP contribution in [0.25, 0.3) is 10.2 Å². The Hall–Kier alpha value is -2.65. The Balaban J connectivity index is 1.81. The summed E-state index contributed by atoms with van der Waals surface area (Å²) in [6.07, 6.45) is 0.820.